The van der Waals surface area contributed by atoms with E-state index in [-0.39, 0.29) is 38.2 Å². The molecule has 10 heteroatoms. The maximum atomic E-state index is 13.1. The van der Waals surface area contributed by atoms with Gasteiger partial charge in [-0.25, -0.2) is 0 Å². The van der Waals surface area contributed by atoms with Gasteiger partial charge >= 0.3 is 13.0 Å². The van der Waals surface area contributed by atoms with E-state index >= 15 is 0 Å². The van der Waals surface area contributed by atoms with Crippen molar-refractivity contribution in [2.24, 2.45) is 10.6 Å². The number of benzene rings is 2. The molecule has 3 aliphatic heterocycles. The molecule has 3 atom stereocenters. The van der Waals surface area contributed by atoms with Crippen molar-refractivity contribution in [1.82, 2.24) is 5.32 Å². The van der Waals surface area contributed by atoms with Crippen LogP contribution in [-0.2, 0) is 14.4 Å². The lowest BCUT2D eigenvalue weighted by Crippen LogP contribution is -2.54. The summed E-state index contributed by atoms with van der Waals surface area (Å²) in [6.07, 6.45) is 4.00. The molecule has 2 saturated heterocycles. The van der Waals surface area contributed by atoms with Gasteiger partial charge in [-0.2, -0.15) is 0 Å². The molecule has 2 aromatic rings. The Bertz CT molecular complexity index is 1300. The predicted octanol–water partition coefficient (Wildman–Crippen LogP) is 2.59. The van der Waals surface area contributed by atoms with Gasteiger partial charge in [-0.05, 0) is 53.3 Å². The topological polar surface area (TPSA) is 122 Å². The van der Waals surface area contributed by atoms with Crippen LogP contribution in [0.25, 0.3) is 11.1 Å². The van der Waals surface area contributed by atoms with Crippen LogP contribution in [0.4, 0.5) is 0 Å². The van der Waals surface area contributed by atoms with Gasteiger partial charge in [-0.1, -0.05) is 48.0 Å². The van der Waals surface area contributed by atoms with Gasteiger partial charge in [0.1, 0.15) is 0 Å². The first-order chi connectivity index (χ1) is 17.3. The fourth-order valence-electron chi connectivity index (χ4n) is 5.88. The zero-order valence-electron chi connectivity index (χ0n) is 19.7. The number of rotatable bonds is 9. The number of halogens is 1. The summed E-state index contributed by atoms with van der Waals surface area (Å²) in [4.78, 5) is 40.8. The number of carbonyl (C=O) groups is 3. The van der Waals surface area contributed by atoms with Gasteiger partial charge in [0, 0.05) is 11.4 Å². The summed E-state index contributed by atoms with van der Waals surface area (Å²) < 4.78 is 0.424. The summed E-state index contributed by atoms with van der Waals surface area (Å²) in [5.74, 6) is -1.86. The molecule has 8 nitrogen and oxygen atoms in total. The molecule has 2 fully saturated rings. The molecule has 0 saturated carbocycles. The van der Waals surface area contributed by atoms with Crippen molar-refractivity contribution in [3.05, 3.63) is 70.8 Å². The van der Waals surface area contributed by atoms with Gasteiger partial charge in [-0.15, -0.1) is 0 Å². The summed E-state index contributed by atoms with van der Waals surface area (Å²) in [5.41, 5.74) is 10.4. The van der Waals surface area contributed by atoms with Crippen LogP contribution in [0, 0.1) is 0 Å². The Labute approximate surface area is 214 Å². The summed E-state index contributed by atoms with van der Waals surface area (Å²) in [6, 6.07) is 15.3. The molecule has 5 rings (SSSR count). The maximum absolute atomic E-state index is 13.1. The van der Waals surface area contributed by atoms with E-state index in [1.807, 2.05) is 48.5 Å². The summed E-state index contributed by atoms with van der Waals surface area (Å²) in [7, 11) is 0. The van der Waals surface area contributed by atoms with Crippen molar-refractivity contribution in [2.75, 3.05) is 13.1 Å². The van der Waals surface area contributed by atoms with Crippen LogP contribution >= 0.6 is 11.6 Å². The third-order valence-electron chi connectivity index (χ3n) is 7.48. The molecule has 36 heavy (non-hydrogen) atoms. The lowest BCUT2D eigenvalue weighted by Gasteiger charge is -2.34. The van der Waals surface area contributed by atoms with Crippen LogP contribution in [0.2, 0.25) is 5.02 Å². The number of piperidine rings is 1. The van der Waals surface area contributed by atoms with Crippen LogP contribution in [0.15, 0.2) is 65.1 Å². The largest absolute Gasteiger partial charge is 0.615 e. The van der Waals surface area contributed by atoms with Gasteiger partial charge in [0.05, 0.1) is 25.2 Å². The van der Waals surface area contributed by atoms with Crippen LogP contribution < -0.4 is 11.1 Å². The highest BCUT2D eigenvalue weighted by Gasteiger charge is 2.80. The van der Waals surface area contributed by atoms with Crippen molar-refractivity contribution in [3.8, 4) is 11.1 Å². The minimum atomic E-state index is -0.956. The number of nitrogens with one attached hydrogen (secondary N) is 1. The lowest BCUT2D eigenvalue weighted by molar-refractivity contribution is -0.782. The van der Waals surface area contributed by atoms with Gasteiger partial charge in [0.15, 0.2) is 12.0 Å². The number of carboxylic acids is 1. The average molecular weight is 506 g/mol. The van der Waals surface area contributed by atoms with E-state index in [9.17, 15) is 19.5 Å². The second-order valence-electron chi connectivity index (χ2n) is 9.63. The van der Waals surface area contributed by atoms with E-state index in [0.717, 1.165) is 41.8 Å². The van der Waals surface area contributed by atoms with Crippen molar-refractivity contribution in [2.45, 2.75) is 37.7 Å². The molecule has 2 aromatic carbocycles. The van der Waals surface area contributed by atoms with E-state index in [0.29, 0.717) is 9.42 Å². The molecule has 4 N–H and O–H groups in total. The molecule has 3 unspecified atom stereocenters. The number of allylic oxidation sites excluding steroid dienone is 1. The number of quaternary nitrogens is 1. The number of aliphatic carboxylic acids is 1. The molecule has 3 aliphatic rings. The number of hydrogen-bond donors (Lipinski definition) is 3. The monoisotopic (exact) mass is 505 g/mol. The fraction of sp³-hybridized carbons (Fsp3) is 0.308. The van der Waals surface area contributed by atoms with Crippen LogP contribution in [-0.4, -0.2) is 65.1 Å². The Morgan fingerprint density at radius 1 is 1.17 bits per heavy atom. The number of amides is 2. The third kappa shape index (κ3) is 4.44. The van der Waals surface area contributed by atoms with Gasteiger partial charge in [0.2, 0.25) is 5.91 Å². The first kappa shape index (κ1) is 24.3. The van der Waals surface area contributed by atoms with Gasteiger partial charge in [0.25, 0.3) is 5.91 Å². The molecule has 2 amide bonds. The van der Waals surface area contributed by atoms with E-state index in [4.69, 9.17) is 22.2 Å². The van der Waals surface area contributed by atoms with E-state index in [1.54, 1.807) is 0 Å². The third-order valence-corrected chi connectivity index (χ3v) is 7.71. The SMILES string of the molecule is NC(=O)CNC(=O)C(CCC(=O)O)[N+]12CCCC3=CC(c4ccc(-c5cccc(Cl)c5)cc4)=NB1C32. The Morgan fingerprint density at radius 2 is 1.92 bits per heavy atom. The number of nitrogens with two attached hydrogens (primary N) is 1. The summed E-state index contributed by atoms with van der Waals surface area (Å²) in [6.45, 7) is 0.340. The quantitative estimate of drug-likeness (QED) is 0.358. The molecule has 0 bridgehead atoms. The minimum Gasteiger partial charge on any atom is -0.481 e. The normalized spacial score (nSPS) is 22.6. The van der Waals surface area contributed by atoms with Gasteiger partial charge in [-0.3, -0.25) is 19.3 Å². The molecule has 0 spiro atoms. The summed E-state index contributed by atoms with van der Waals surface area (Å²) >= 11 is 6.14. The molecular weight excluding hydrogens is 479 g/mol. The summed E-state index contributed by atoms with van der Waals surface area (Å²) in [5, 5.41) is 12.6. The standard InChI is InChI=1S/C26H26BClN4O4/c28-20-5-1-3-18(13-20)16-6-8-17(9-7-16)21-14-19-4-2-12-32(25(19)27(32)31-21)22(10-11-24(34)35)26(36)30-15-23(29)33/h1,3,5-9,13-14,22,25H,2,4,10-12,15H2,(H3-,29,30,33,34,35,36)/p+1. The Morgan fingerprint density at radius 3 is 2.61 bits per heavy atom. The molecule has 0 aromatic heterocycles. The zero-order valence-corrected chi connectivity index (χ0v) is 20.4. The van der Waals surface area contributed by atoms with Crippen molar-refractivity contribution in [1.29, 1.82) is 0 Å². The highest BCUT2D eigenvalue weighted by Crippen LogP contribution is 2.52. The highest BCUT2D eigenvalue weighted by molar-refractivity contribution is 6.63. The predicted molar refractivity (Wildman–Crippen MR) is 138 cm³/mol. The van der Waals surface area contributed by atoms with Crippen molar-refractivity contribution < 1.29 is 23.9 Å². The van der Waals surface area contributed by atoms with Crippen molar-refractivity contribution >= 4 is 42.1 Å². The number of primary amides is 1. The molecule has 0 radical (unpaired) electrons. The highest BCUT2D eigenvalue weighted by atomic mass is 35.5. The van der Waals surface area contributed by atoms with Crippen LogP contribution in [0.5, 0.6) is 0 Å². The number of carbonyl (C=O) groups excluding carboxylic acids is 2. The molecule has 3 heterocycles. The fourth-order valence-corrected chi connectivity index (χ4v) is 6.08. The average Bonchev–Trinajstić information content (AvgIpc) is 3.52. The number of hydrogen-bond acceptors (Lipinski definition) is 4. The smallest absolute Gasteiger partial charge is 0.481 e. The number of fused-ring (bicyclic) bond motifs is 1. The molecule has 184 valence electrons. The first-order valence-corrected chi connectivity index (χ1v) is 12.5. The number of carboxylic acid groups (broad SMARTS) is 1. The molecule has 0 aliphatic carbocycles. The maximum Gasteiger partial charge on any atom is 0.615 e. The van der Waals surface area contributed by atoms with E-state index < -0.39 is 17.9 Å². The second-order valence-corrected chi connectivity index (χ2v) is 10.1. The zero-order chi connectivity index (χ0) is 25.4. The second kappa shape index (κ2) is 9.56. The van der Waals surface area contributed by atoms with Crippen molar-refractivity contribution in [3.63, 3.8) is 0 Å². The van der Waals surface area contributed by atoms with Crippen LogP contribution in [0.3, 0.4) is 0 Å². The molecular formula is C26H27BClN4O4+. The Balaban J connectivity index is 1.43. The van der Waals surface area contributed by atoms with E-state index in [1.165, 1.54) is 5.57 Å². The minimum absolute atomic E-state index is 0.0753. The Hall–Kier alpha value is -3.43. The van der Waals surface area contributed by atoms with Crippen LogP contribution in [0.1, 0.15) is 31.2 Å². The van der Waals surface area contributed by atoms with E-state index in [2.05, 4.69) is 11.4 Å². The number of nitrogens with zero attached hydrogens (tertiary/aromatic N) is 2. The Kier molecular flexibility index (Phi) is 6.44. The van der Waals surface area contributed by atoms with Gasteiger partial charge < -0.3 is 20.6 Å². The first-order valence-electron chi connectivity index (χ1n) is 12.1. The lowest BCUT2D eigenvalue weighted by atomic mass is 9.78.